The first kappa shape index (κ1) is 11.5. The lowest BCUT2D eigenvalue weighted by Gasteiger charge is -2.05. The smallest absolute Gasteiger partial charge is 0.0143 e. The van der Waals surface area contributed by atoms with Gasteiger partial charge in [0.1, 0.15) is 0 Å². The summed E-state index contributed by atoms with van der Waals surface area (Å²) < 4.78 is 0. The summed E-state index contributed by atoms with van der Waals surface area (Å²) in [5.41, 5.74) is 1.08. The Morgan fingerprint density at radius 2 is 1.92 bits per heavy atom. The maximum Gasteiger partial charge on any atom is 0.0143 e. The molecule has 1 nitrogen and oxygen atoms in total. The first-order chi connectivity index (χ1) is 5.63. The molecule has 0 amide bonds. The quantitative estimate of drug-likeness (QED) is 0.576. The maximum absolute atomic E-state index is 3.79. The number of hydrogen-bond donors (Lipinski definition) is 1. The summed E-state index contributed by atoms with van der Waals surface area (Å²) >= 11 is 0. The number of nitrogens with one attached hydrogen (secondary N) is 1. The molecule has 0 aliphatic rings. The standard InChI is InChI=1S/C11H23N/c1-10(2)8-6-5-7-9-12-11(3)4/h10,12H,3,5-9H2,1-2,4H3. The fourth-order valence-corrected chi connectivity index (χ4v) is 1.16. The van der Waals surface area contributed by atoms with Crippen molar-refractivity contribution in [3.05, 3.63) is 12.3 Å². The Morgan fingerprint density at radius 3 is 2.42 bits per heavy atom. The Labute approximate surface area is 77.2 Å². The van der Waals surface area contributed by atoms with Gasteiger partial charge in [0.2, 0.25) is 0 Å². The van der Waals surface area contributed by atoms with Crippen molar-refractivity contribution in [3.63, 3.8) is 0 Å². The molecule has 0 fully saturated rings. The van der Waals surface area contributed by atoms with Crippen LogP contribution >= 0.6 is 0 Å². The molecule has 0 bridgehead atoms. The van der Waals surface area contributed by atoms with Gasteiger partial charge in [-0.15, -0.1) is 0 Å². The summed E-state index contributed by atoms with van der Waals surface area (Å²) in [4.78, 5) is 0. The Morgan fingerprint density at radius 1 is 1.25 bits per heavy atom. The molecule has 0 heterocycles. The van der Waals surface area contributed by atoms with E-state index in [1.165, 1.54) is 25.7 Å². The van der Waals surface area contributed by atoms with Gasteiger partial charge in [-0.05, 0) is 19.3 Å². The van der Waals surface area contributed by atoms with Crippen molar-refractivity contribution in [2.75, 3.05) is 6.54 Å². The summed E-state index contributed by atoms with van der Waals surface area (Å²) in [7, 11) is 0. The zero-order valence-corrected chi connectivity index (χ0v) is 8.82. The monoisotopic (exact) mass is 169 g/mol. The molecule has 1 N–H and O–H groups in total. The maximum atomic E-state index is 3.79. The molecule has 0 saturated carbocycles. The molecule has 0 aromatic heterocycles. The van der Waals surface area contributed by atoms with E-state index in [0.29, 0.717) is 0 Å². The summed E-state index contributed by atoms with van der Waals surface area (Å²) in [5.74, 6) is 0.860. The molecule has 0 rings (SSSR count). The summed E-state index contributed by atoms with van der Waals surface area (Å²) in [6, 6.07) is 0. The van der Waals surface area contributed by atoms with E-state index in [0.717, 1.165) is 18.2 Å². The normalized spacial score (nSPS) is 10.3. The Hall–Kier alpha value is -0.460. The topological polar surface area (TPSA) is 12.0 Å². The molecule has 0 aromatic rings. The second-order valence-corrected chi connectivity index (χ2v) is 3.95. The van der Waals surface area contributed by atoms with E-state index in [-0.39, 0.29) is 0 Å². The van der Waals surface area contributed by atoms with Crippen molar-refractivity contribution in [2.45, 2.75) is 46.5 Å². The van der Waals surface area contributed by atoms with Crippen LogP contribution in [0, 0.1) is 5.92 Å². The third-order valence-corrected chi connectivity index (χ3v) is 1.89. The van der Waals surface area contributed by atoms with E-state index in [9.17, 15) is 0 Å². The fourth-order valence-electron chi connectivity index (χ4n) is 1.16. The molecule has 0 saturated heterocycles. The van der Waals surface area contributed by atoms with E-state index in [2.05, 4.69) is 25.7 Å². The molecule has 0 aromatic carbocycles. The highest BCUT2D eigenvalue weighted by molar-refractivity contribution is 4.83. The van der Waals surface area contributed by atoms with E-state index < -0.39 is 0 Å². The molecule has 12 heavy (non-hydrogen) atoms. The molecule has 0 unspecified atom stereocenters. The van der Waals surface area contributed by atoms with Crippen LogP contribution in [0.5, 0.6) is 0 Å². The van der Waals surface area contributed by atoms with Gasteiger partial charge in [-0.1, -0.05) is 39.7 Å². The van der Waals surface area contributed by atoms with Crippen molar-refractivity contribution in [1.29, 1.82) is 0 Å². The first-order valence-electron chi connectivity index (χ1n) is 5.02. The molecular formula is C11H23N. The minimum atomic E-state index is 0.860. The summed E-state index contributed by atoms with van der Waals surface area (Å²) in [5, 5.41) is 3.24. The predicted octanol–water partition coefficient (Wildman–Crippen LogP) is 3.33. The Kier molecular flexibility index (Phi) is 6.93. The van der Waals surface area contributed by atoms with Crippen LogP contribution in [-0.4, -0.2) is 6.54 Å². The minimum absolute atomic E-state index is 0.860. The van der Waals surface area contributed by atoms with Crippen LogP contribution in [0.25, 0.3) is 0 Å². The van der Waals surface area contributed by atoms with Crippen molar-refractivity contribution < 1.29 is 0 Å². The number of unbranched alkanes of at least 4 members (excludes halogenated alkanes) is 2. The second-order valence-electron chi connectivity index (χ2n) is 3.95. The van der Waals surface area contributed by atoms with Crippen molar-refractivity contribution in [2.24, 2.45) is 5.92 Å². The highest BCUT2D eigenvalue weighted by Gasteiger charge is 1.93. The lowest BCUT2D eigenvalue weighted by molar-refractivity contribution is 0.523. The van der Waals surface area contributed by atoms with Gasteiger partial charge in [-0.25, -0.2) is 0 Å². The average molecular weight is 169 g/mol. The third kappa shape index (κ3) is 9.54. The first-order valence-corrected chi connectivity index (χ1v) is 5.02. The highest BCUT2D eigenvalue weighted by Crippen LogP contribution is 2.07. The van der Waals surface area contributed by atoms with Gasteiger partial charge >= 0.3 is 0 Å². The molecular weight excluding hydrogens is 146 g/mol. The zero-order valence-electron chi connectivity index (χ0n) is 8.82. The highest BCUT2D eigenvalue weighted by atomic mass is 14.9. The average Bonchev–Trinajstić information content (AvgIpc) is 1.95. The van der Waals surface area contributed by atoms with E-state index in [1.807, 2.05) is 6.92 Å². The van der Waals surface area contributed by atoms with Gasteiger partial charge in [-0.2, -0.15) is 0 Å². The molecule has 72 valence electrons. The van der Waals surface area contributed by atoms with Crippen LogP contribution in [0.15, 0.2) is 12.3 Å². The summed E-state index contributed by atoms with van der Waals surface area (Å²) in [6.07, 6.45) is 5.36. The van der Waals surface area contributed by atoms with E-state index in [1.54, 1.807) is 0 Å². The Bertz CT molecular complexity index is 116. The molecule has 0 aliphatic carbocycles. The van der Waals surface area contributed by atoms with Crippen LogP contribution < -0.4 is 5.32 Å². The molecule has 1 heteroatoms. The van der Waals surface area contributed by atoms with Crippen molar-refractivity contribution >= 4 is 0 Å². The number of allylic oxidation sites excluding steroid dienone is 1. The van der Waals surface area contributed by atoms with E-state index in [4.69, 9.17) is 0 Å². The van der Waals surface area contributed by atoms with Crippen LogP contribution in [0.4, 0.5) is 0 Å². The number of rotatable bonds is 7. The minimum Gasteiger partial charge on any atom is -0.389 e. The van der Waals surface area contributed by atoms with Gasteiger partial charge in [0.25, 0.3) is 0 Å². The third-order valence-electron chi connectivity index (χ3n) is 1.89. The Balaban J connectivity index is 2.96. The largest absolute Gasteiger partial charge is 0.389 e. The lowest BCUT2D eigenvalue weighted by Crippen LogP contribution is -2.11. The SMILES string of the molecule is C=C(C)NCCCCCC(C)C. The fraction of sp³-hybridized carbons (Fsp3) is 0.818. The van der Waals surface area contributed by atoms with Crippen LogP contribution in [0.1, 0.15) is 46.5 Å². The van der Waals surface area contributed by atoms with Gasteiger partial charge in [0.05, 0.1) is 0 Å². The molecule has 0 aliphatic heterocycles. The zero-order chi connectivity index (χ0) is 9.40. The molecule has 0 spiro atoms. The lowest BCUT2D eigenvalue weighted by atomic mass is 10.1. The van der Waals surface area contributed by atoms with Crippen molar-refractivity contribution in [3.8, 4) is 0 Å². The van der Waals surface area contributed by atoms with Crippen LogP contribution in [0.3, 0.4) is 0 Å². The van der Waals surface area contributed by atoms with Gasteiger partial charge in [0, 0.05) is 12.2 Å². The van der Waals surface area contributed by atoms with Crippen LogP contribution in [0.2, 0.25) is 0 Å². The second kappa shape index (κ2) is 7.20. The van der Waals surface area contributed by atoms with Gasteiger partial charge in [-0.3, -0.25) is 0 Å². The van der Waals surface area contributed by atoms with Gasteiger partial charge < -0.3 is 5.32 Å². The predicted molar refractivity (Wildman–Crippen MR) is 56.1 cm³/mol. The van der Waals surface area contributed by atoms with Crippen LogP contribution in [-0.2, 0) is 0 Å². The molecule has 0 radical (unpaired) electrons. The summed E-state index contributed by atoms with van der Waals surface area (Å²) in [6.45, 7) is 11.5. The van der Waals surface area contributed by atoms with E-state index >= 15 is 0 Å². The molecule has 0 atom stereocenters. The van der Waals surface area contributed by atoms with Crippen molar-refractivity contribution in [1.82, 2.24) is 5.32 Å². The number of hydrogen-bond acceptors (Lipinski definition) is 1. The van der Waals surface area contributed by atoms with Gasteiger partial charge in [0.15, 0.2) is 0 Å².